The molecule has 2 aliphatic rings. The second-order valence-electron chi connectivity index (χ2n) is 9.80. The highest BCUT2D eigenvalue weighted by molar-refractivity contribution is 7.90. The summed E-state index contributed by atoms with van der Waals surface area (Å²) in [5.74, 6) is 0.291. The maximum Gasteiger partial charge on any atom is 0.258 e. The van der Waals surface area contributed by atoms with Gasteiger partial charge in [-0.1, -0.05) is 0 Å². The molecular weight excluding hydrogens is 473 g/mol. The Labute approximate surface area is 203 Å². The molecule has 0 radical (unpaired) electrons. The molecule has 0 spiro atoms. The number of aryl methyl sites for hydroxylation is 1. The lowest BCUT2D eigenvalue weighted by Crippen LogP contribution is -2.54. The minimum absolute atomic E-state index is 0.0393. The predicted octanol–water partition coefficient (Wildman–Crippen LogP) is 3.39. The van der Waals surface area contributed by atoms with E-state index in [0.717, 1.165) is 25.2 Å². The third-order valence-corrected chi connectivity index (χ3v) is 7.98. The van der Waals surface area contributed by atoms with Crippen LogP contribution >= 0.6 is 0 Å². The van der Waals surface area contributed by atoms with Crippen molar-refractivity contribution in [3.63, 3.8) is 0 Å². The van der Waals surface area contributed by atoms with Gasteiger partial charge in [0.15, 0.2) is 9.84 Å². The number of nitrogens with one attached hydrogen (secondary N) is 1. The number of piperazine rings is 1. The largest absolute Gasteiger partial charge is 0.442 e. The van der Waals surface area contributed by atoms with E-state index in [2.05, 4.69) is 22.2 Å². The number of nitrogens with zero attached hydrogens (tertiary/aromatic N) is 4. The Morgan fingerprint density at radius 3 is 2.63 bits per heavy atom. The van der Waals surface area contributed by atoms with E-state index < -0.39 is 15.7 Å². The molecule has 1 saturated heterocycles. The summed E-state index contributed by atoms with van der Waals surface area (Å²) in [6, 6.07) is 3.71. The summed E-state index contributed by atoms with van der Waals surface area (Å²) in [5, 5.41) is 4.02. The zero-order valence-electron chi connectivity index (χ0n) is 20.1. The van der Waals surface area contributed by atoms with Crippen molar-refractivity contribution in [2.75, 3.05) is 36.1 Å². The van der Waals surface area contributed by atoms with Crippen LogP contribution in [-0.4, -0.2) is 66.7 Å². The average molecular weight is 502 g/mol. The Kier molecular flexibility index (Phi) is 5.50. The lowest BCUT2D eigenvalue weighted by molar-refractivity contribution is 0.0674. The molecule has 1 aromatic carbocycles. The molecule has 35 heavy (non-hydrogen) atoms. The second-order valence-corrected chi connectivity index (χ2v) is 11.8. The van der Waals surface area contributed by atoms with Crippen LogP contribution < -0.4 is 10.2 Å². The third-order valence-electron chi connectivity index (χ3n) is 6.87. The third kappa shape index (κ3) is 4.33. The van der Waals surface area contributed by atoms with Crippen LogP contribution in [0.25, 0.3) is 11.1 Å². The van der Waals surface area contributed by atoms with Crippen LogP contribution in [-0.2, 0) is 9.84 Å². The lowest BCUT2D eigenvalue weighted by atomic mass is 10.1. The summed E-state index contributed by atoms with van der Waals surface area (Å²) in [6.45, 7) is 6.93. The number of hydrogen-bond acceptors (Lipinski definition) is 8. The summed E-state index contributed by atoms with van der Waals surface area (Å²) in [6.07, 6.45) is 4.53. The fraction of sp³-hybridized carbons (Fsp3) is 0.458. The van der Waals surface area contributed by atoms with Crippen LogP contribution in [0.3, 0.4) is 0 Å². The van der Waals surface area contributed by atoms with Gasteiger partial charge < -0.3 is 19.5 Å². The maximum absolute atomic E-state index is 14.8. The topological polar surface area (TPSA) is 109 Å². The Bertz CT molecular complexity index is 1430. The SMILES string of the molecule is Cc1oc2ncnc(NC3(C)CC3)c2c1C(=O)N1CCN(c2ccc(S(C)(=O)=O)cc2F)CC1C. The van der Waals surface area contributed by atoms with Gasteiger partial charge in [0.1, 0.15) is 23.7 Å². The van der Waals surface area contributed by atoms with E-state index in [-0.39, 0.29) is 22.4 Å². The molecule has 1 aliphatic carbocycles. The van der Waals surface area contributed by atoms with Gasteiger partial charge in [-0.05, 0) is 51.8 Å². The molecule has 11 heteroatoms. The molecule has 3 aromatic rings. The maximum atomic E-state index is 14.8. The van der Waals surface area contributed by atoms with E-state index in [4.69, 9.17) is 4.42 Å². The van der Waals surface area contributed by atoms with Gasteiger partial charge in [-0.25, -0.2) is 22.8 Å². The quantitative estimate of drug-likeness (QED) is 0.567. The lowest BCUT2D eigenvalue weighted by Gasteiger charge is -2.41. The van der Waals surface area contributed by atoms with Gasteiger partial charge in [0.25, 0.3) is 5.91 Å². The van der Waals surface area contributed by atoms with Crippen LogP contribution in [0.4, 0.5) is 15.9 Å². The second kappa shape index (κ2) is 8.18. The highest BCUT2D eigenvalue weighted by Gasteiger charge is 2.39. The zero-order valence-corrected chi connectivity index (χ0v) is 20.9. The number of benzene rings is 1. The van der Waals surface area contributed by atoms with Crippen molar-refractivity contribution in [2.45, 2.75) is 50.1 Å². The molecule has 1 atom stereocenters. The fourth-order valence-electron chi connectivity index (χ4n) is 4.59. The smallest absolute Gasteiger partial charge is 0.258 e. The Morgan fingerprint density at radius 1 is 1.26 bits per heavy atom. The number of aromatic nitrogens is 2. The van der Waals surface area contributed by atoms with Crippen LogP contribution in [0, 0.1) is 12.7 Å². The molecular formula is C24H28FN5O4S. The number of furan rings is 1. The van der Waals surface area contributed by atoms with Gasteiger partial charge in [0.05, 0.1) is 21.5 Å². The molecule has 9 nitrogen and oxygen atoms in total. The monoisotopic (exact) mass is 501 g/mol. The molecule has 1 unspecified atom stereocenters. The van der Waals surface area contributed by atoms with E-state index >= 15 is 0 Å². The zero-order chi connectivity index (χ0) is 25.1. The Hall–Kier alpha value is -3.21. The number of fused-ring (bicyclic) bond motifs is 1. The van der Waals surface area contributed by atoms with Crippen molar-refractivity contribution in [3.8, 4) is 0 Å². The molecule has 2 fully saturated rings. The first-order chi connectivity index (χ1) is 16.5. The molecule has 3 heterocycles. The first-order valence-electron chi connectivity index (χ1n) is 11.5. The highest BCUT2D eigenvalue weighted by atomic mass is 32.2. The summed E-state index contributed by atoms with van der Waals surface area (Å²) >= 11 is 0. The number of hydrogen-bond donors (Lipinski definition) is 1. The van der Waals surface area contributed by atoms with Gasteiger partial charge in [-0.3, -0.25) is 4.79 Å². The van der Waals surface area contributed by atoms with Gasteiger partial charge in [-0.2, -0.15) is 0 Å². The first-order valence-corrected chi connectivity index (χ1v) is 13.4. The van der Waals surface area contributed by atoms with E-state index in [1.54, 1.807) is 11.8 Å². The van der Waals surface area contributed by atoms with E-state index in [9.17, 15) is 17.6 Å². The number of carbonyl (C=O) groups excluding carboxylic acids is 1. The van der Waals surface area contributed by atoms with Crippen molar-refractivity contribution >= 4 is 38.3 Å². The van der Waals surface area contributed by atoms with E-state index in [1.807, 2.05) is 11.8 Å². The summed E-state index contributed by atoms with van der Waals surface area (Å²) in [5.41, 5.74) is 1.09. The van der Waals surface area contributed by atoms with E-state index in [1.165, 1.54) is 18.5 Å². The van der Waals surface area contributed by atoms with Crippen molar-refractivity contribution in [3.05, 3.63) is 41.7 Å². The normalized spacial score (nSPS) is 19.7. The summed E-state index contributed by atoms with van der Waals surface area (Å²) in [7, 11) is -3.50. The number of halogens is 1. The minimum atomic E-state index is -3.50. The van der Waals surface area contributed by atoms with Crippen molar-refractivity contribution in [1.82, 2.24) is 14.9 Å². The predicted molar refractivity (Wildman–Crippen MR) is 130 cm³/mol. The molecule has 0 bridgehead atoms. The van der Waals surface area contributed by atoms with Gasteiger partial charge in [-0.15, -0.1) is 0 Å². The van der Waals surface area contributed by atoms with Crippen molar-refractivity contribution in [2.24, 2.45) is 0 Å². The van der Waals surface area contributed by atoms with Gasteiger partial charge in [0.2, 0.25) is 5.71 Å². The summed E-state index contributed by atoms with van der Waals surface area (Å²) in [4.78, 5) is 25.9. The number of anilines is 2. The molecule has 1 aliphatic heterocycles. The molecule has 1 N–H and O–H groups in total. The average Bonchev–Trinajstić information content (AvgIpc) is 3.40. The minimum Gasteiger partial charge on any atom is -0.442 e. The highest BCUT2D eigenvalue weighted by Crippen LogP contribution is 2.40. The number of carbonyl (C=O) groups is 1. The van der Waals surface area contributed by atoms with E-state index in [0.29, 0.717) is 53.6 Å². The standard InChI is InChI=1S/C24H28FN5O4S/c1-14-12-29(18-6-5-16(11-17(18)25)35(4,32)33)9-10-30(14)23(31)19-15(2)34-22-20(19)21(26-13-27-22)28-24(3)7-8-24/h5-6,11,13-14H,7-10,12H2,1-4H3,(H,26,27,28). The molecule has 1 amide bonds. The Balaban J connectivity index is 1.40. The number of rotatable bonds is 5. The van der Waals surface area contributed by atoms with Gasteiger partial charge in [0, 0.05) is 37.5 Å². The first kappa shape index (κ1) is 23.5. The van der Waals surface area contributed by atoms with Crippen LogP contribution in [0.2, 0.25) is 0 Å². The fourth-order valence-corrected chi connectivity index (χ4v) is 5.22. The molecule has 2 aromatic heterocycles. The number of amides is 1. The molecule has 5 rings (SSSR count). The Morgan fingerprint density at radius 2 is 2.00 bits per heavy atom. The van der Waals surface area contributed by atoms with Crippen molar-refractivity contribution in [1.29, 1.82) is 0 Å². The molecule has 1 saturated carbocycles. The van der Waals surface area contributed by atoms with Crippen LogP contribution in [0.15, 0.2) is 33.8 Å². The van der Waals surface area contributed by atoms with Crippen LogP contribution in [0.1, 0.15) is 42.8 Å². The molecule has 186 valence electrons. The van der Waals surface area contributed by atoms with Gasteiger partial charge >= 0.3 is 0 Å². The van der Waals surface area contributed by atoms with Crippen molar-refractivity contribution < 1.29 is 22.0 Å². The summed E-state index contributed by atoms with van der Waals surface area (Å²) < 4.78 is 44.1. The van der Waals surface area contributed by atoms with Crippen LogP contribution in [0.5, 0.6) is 0 Å². The number of sulfone groups is 1.